The van der Waals surface area contributed by atoms with E-state index in [2.05, 4.69) is 4.90 Å². The third kappa shape index (κ3) is 4.72. The lowest BCUT2D eigenvalue weighted by molar-refractivity contribution is 0.103. The van der Waals surface area contributed by atoms with Crippen LogP contribution in [0.15, 0.2) is 34.7 Å². The van der Waals surface area contributed by atoms with Crippen molar-refractivity contribution in [2.24, 2.45) is 0 Å². The maximum Gasteiger partial charge on any atom is 0.200 e. The Labute approximate surface area is 197 Å². The molecule has 0 atom stereocenters. The van der Waals surface area contributed by atoms with E-state index in [1.165, 1.54) is 0 Å². The van der Waals surface area contributed by atoms with Gasteiger partial charge in [0.05, 0.1) is 24.9 Å². The average Bonchev–Trinajstić information content (AvgIpc) is 3.08. The van der Waals surface area contributed by atoms with Gasteiger partial charge in [-0.3, -0.25) is 4.79 Å². The number of aromatic hydroxyl groups is 1. The molecular formula is C22H23I2NO4. The van der Waals surface area contributed by atoms with Gasteiger partial charge in [-0.1, -0.05) is 25.1 Å². The van der Waals surface area contributed by atoms with Gasteiger partial charge in [-0.2, -0.15) is 0 Å². The van der Waals surface area contributed by atoms with E-state index in [-0.39, 0.29) is 11.5 Å². The largest absolute Gasteiger partial charge is 0.506 e. The van der Waals surface area contributed by atoms with Crippen LogP contribution >= 0.6 is 45.2 Å². The number of halogens is 2. The van der Waals surface area contributed by atoms with Crippen molar-refractivity contribution in [2.45, 2.75) is 19.8 Å². The zero-order chi connectivity index (χ0) is 21.1. The summed E-state index contributed by atoms with van der Waals surface area (Å²) in [6, 6.07) is 9.26. The third-order valence-electron chi connectivity index (χ3n) is 4.61. The van der Waals surface area contributed by atoms with Crippen LogP contribution in [0.4, 0.5) is 0 Å². The Morgan fingerprint density at radius 1 is 1.24 bits per heavy atom. The van der Waals surface area contributed by atoms with Crippen LogP contribution in [-0.4, -0.2) is 43.0 Å². The van der Waals surface area contributed by atoms with Crippen molar-refractivity contribution >= 4 is 61.9 Å². The van der Waals surface area contributed by atoms with E-state index in [4.69, 9.17) is 9.15 Å². The number of phenols is 1. The van der Waals surface area contributed by atoms with Gasteiger partial charge >= 0.3 is 0 Å². The molecule has 5 nitrogen and oxygen atoms in total. The molecule has 2 aromatic carbocycles. The molecule has 0 aliphatic rings. The molecule has 0 unspecified atom stereocenters. The summed E-state index contributed by atoms with van der Waals surface area (Å²) < 4.78 is 13.1. The first-order valence-corrected chi connectivity index (χ1v) is 11.5. The third-order valence-corrected chi connectivity index (χ3v) is 6.43. The molecule has 0 saturated carbocycles. The number of nitrogens with zero attached hydrogens (tertiary/aromatic N) is 1. The Balaban J connectivity index is 2.07. The highest BCUT2D eigenvalue weighted by Gasteiger charge is 2.27. The number of fused-ring (bicyclic) bond motifs is 1. The van der Waals surface area contributed by atoms with Crippen molar-refractivity contribution in [2.75, 3.05) is 27.2 Å². The van der Waals surface area contributed by atoms with E-state index in [0.29, 0.717) is 48.4 Å². The SMILES string of the molecule is CCc1oc2ccccc2c1C(=O)c1cc(I)c(O)c(I)c1OCCCN(C)C. The summed E-state index contributed by atoms with van der Waals surface area (Å²) in [5.41, 5.74) is 1.71. The summed E-state index contributed by atoms with van der Waals surface area (Å²) in [4.78, 5) is 15.7. The predicted molar refractivity (Wildman–Crippen MR) is 131 cm³/mol. The van der Waals surface area contributed by atoms with Crippen molar-refractivity contribution in [3.8, 4) is 11.5 Å². The van der Waals surface area contributed by atoms with E-state index in [1.54, 1.807) is 6.07 Å². The molecule has 3 rings (SSSR count). The minimum absolute atomic E-state index is 0.137. The molecule has 1 aromatic heterocycles. The van der Waals surface area contributed by atoms with Gasteiger partial charge in [-0.15, -0.1) is 0 Å². The van der Waals surface area contributed by atoms with E-state index in [9.17, 15) is 9.90 Å². The Bertz CT molecular complexity index is 1040. The number of ketones is 1. The van der Waals surface area contributed by atoms with Crippen LogP contribution in [0.3, 0.4) is 0 Å². The van der Waals surface area contributed by atoms with E-state index in [1.807, 2.05) is 90.5 Å². The van der Waals surface area contributed by atoms with Gasteiger partial charge in [0.1, 0.15) is 22.8 Å². The van der Waals surface area contributed by atoms with Crippen LogP contribution in [-0.2, 0) is 6.42 Å². The topological polar surface area (TPSA) is 62.9 Å². The lowest BCUT2D eigenvalue weighted by Gasteiger charge is -2.16. The second-order valence-corrected chi connectivity index (χ2v) is 9.22. The molecule has 0 aliphatic heterocycles. The molecule has 0 spiro atoms. The molecule has 29 heavy (non-hydrogen) atoms. The molecule has 0 saturated heterocycles. The van der Waals surface area contributed by atoms with Crippen molar-refractivity contribution in [1.29, 1.82) is 0 Å². The lowest BCUT2D eigenvalue weighted by atomic mass is 9.98. The Hall–Kier alpha value is -1.33. The van der Waals surface area contributed by atoms with Gasteiger partial charge in [-0.25, -0.2) is 0 Å². The van der Waals surface area contributed by atoms with Crippen LogP contribution < -0.4 is 4.74 Å². The number of para-hydroxylation sites is 1. The van der Waals surface area contributed by atoms with Crippen molar-refractivity contribution in [3.05, 3.63) is 54.4 Å². The van der Waals surface area contributed by atoms with Crippen LogP contribution in [0.1, 0.15) is 35.0 Å². The molecule has 1 N–H and O–H groups in total. The number of benzene rings is 2. The van der Waals surface area contributed by atoms with E-state index >= 15 is 0 Å². The number of hydrogen-bond acceptors (Lipinski definition) is 5. The number of ether oxygens (including phenoxy) is 1. The Morgan fingerprint density at radius 3 is 2.66 bits per heavy atom. The van der Waals surface area contributed by atoms with Gasteiger partial charge < -0.3 is 19.2 Å². The van der Waals surface area contributed by atoms with Crippen LogP contribution in [0.25, 0.3) is 11.0 Å². The van der Waals surface area contributed by atoms with Gasteiger partial charge in [0, 0.05) is 18.4 Å². The highest BCUT2D eigenvalue weighted by Crippen LogP contribution is 2.39. The normalized spacial score (nSPS) is 11.4. The fraction of sp³-hybridized carbons (Fsp3) is 0.318. The maximum atomic E-state index is 13.6. The summed E-state index contributed by atoms with van der Waals surface area (Å²) in [5.74, 6) is 1.08. The zero-order valence-electron chi connectivity index (χ0n) is 16.6. The number of hydrogen-bond donors (Lipinski definition) is 1. The van der Waals surface area contributed by atoms with Gasteiger partial charge in [0.25, 0.3) is 0 Å². The second kappa shape index (κ2) is 9.65. The van der Waals surface area contributed by atoms with Gasteiger partial charge in [0.15, 0.2) is 0 Å². The number of aryl methyl sites for hydroxylation is 1. The summed E-state index contributed by atoms with van der Waals surface area (Å²) >= 11 is 4.08. The number of carbonyl (C=O) groups is 1. The summed E-state index contributed by atoms with van der Waals surface area (Å²) in [7, 11) is 4.01. The Morgan fingerprint density at radius 2 is 1.97 bits per heavy atom. The lowest BCUT2D eigenvalue weighted by Crippen LogP contribution is -2.16. The van der Waals surface area contributed by atoms with Crippen LogP contribution in [0, 0.1) is 7.14 Å². The maximum absolute atomic E-state index is 13.6. The molecule has 7 heteroatoms. The highest BCUT2D eigenvalue weighted by molar-refractivity contribution is 14.1. The van der Waals surface area contributed by atoms with Gasteiger partial charge in [-0.05, 0) is 77.8 Å². The molecule has 154 valence electrons. The molecule has 0 bridgehead atoms. The fourth-order valence-electron chi connectivity index (χ4n) is 3.18. The number of furan rings is 1. The van der Waals surface area contributed by atoms with Crippen molar-refractivity contribution in [3.63, 3.8) is 0 Å². The second-order valence-electron chi connectivity index (χ2n) is 6.98. The molecule has 1 heterocycles. The molecule has 0 amide bonds. The monoisotopic (exact) mass is 619 g/mol. The van der Waals surface area contributed by atoms with Crippen LogP contribution in [0.2, 0.25) is 0 Å². The van der Waals surface area contributed by atoms with Crippen molar-refractivity contribution < 1.29 is 19.1 Å². The Kier molecular flexibility index (Phi) is 7.44. The minimum atomic E-state index is -0.148. The summed E-state index contributed by atoms with van der Waals surface area (Å²) in [5, 5.41) is 11.2. The molecule has 0 fully saturated rings. The zero-order valence-corrected chi connectivity index (χ0v) is 20.9. The van der Waals surface area contributed by atoms with E-state index < -0.39 is 0 Å². The first kappa shape index (κ1) is 22.4. The molecule has 0 radical (unpaired) electrons. The number of carbonyl (C=O) groups excluding carboxylic acids is 1. The first-order valence-electron chi connectivity index (χ1n) is 9.38. The number of rotatable bonds is 8. The number of phenolic OH excluding ortho intramolecular Hbond substituents is 1. The van der Waals surface area contributed by atoms with Crippen molar-refractivity contribution in [1.82, 2.24) is 4.90 Å². The molecule has 3 aromatic rings. The molecule has 0 aliphatic carbocycles. The average molecular weight is 619 g/mol. The summed E-state index contributed by atoms with van der Waals surface area (Å²) in [6.07, 6.45) is 1.43. The summed E-state index contributed by atoms with van der Waals surface area (Å²) in [6.45, 7) is 3.31. The van der Waals surface area contributed by atoms with Gasteiger partial charge in [0.2, 0.25) is 5.78 Å². The quantitative estimate of drug-likeness (QED) is 0.206. The predicted octanol–water partition coefficient (Wildman–Crippen LogP) is 5.47. The first-order chi connectivity index (χ1) is 13.8. The highest BCUT2D eigenvalue weighted by atomic mass is 127. The smallest absolute Gasteiger partial charge is 0.200 e. The van der Waals surface area contributed by atoms with E-state index in [0.717, 1.165) is 18.4 Å². The van der Waals surface area contributed by atoms with Crippen LogP contribution in [0.5, 0.6) is 11.5 Å². The standard InChI is InChI=1S/C22H23I2NO4/c1-4-16-18(13-8-5-6-9-17(13)29-16)20(26)14-12-15(23)21(27)19(24)22(14)28-11-7-10-25(2)3/h5-6,8-9,12,27H,4,7,10-11H2,1-3H3. The molecular weight excluding hydrogens is 596 g/mol. The fourth-order valence-corrected chi connectivity index (χ4v) is 5.02. The minimum Gasteiger partial charge on any atom is -0.506 e.